The van der Waals surface area contributed by atoms with Gasteiger partial charge in [-0.3, -0.25) is 0 Å². The van der Waals surface area contributed by atoms with Crippen LogP contribution in [0.2, 0.25) is 0 Å². The minimum Gasteiger partial charge on any atom is -0.497 e. The fourth-order valence-electron chi connectivity index (χ4n) is 1.27. The molecular weight excluding hydrogens is 226 g/mol. The lowest BCUT2D eigenvalue weighted by atomic mass is 10.1. The fourth-order valence-corrected chi connectivity index (χ4v) is 1.58. The molecule has 5 heteroatoms. The Morgan fingerprint density at radius 3 is 2.88 bits per heavy atom. The van der Waals surface area contributed by atoms with Crippen LogP contribution in [0, 0.1) is 0 Å². The topological polar surface area (TPSA) is 58.6 Å². The van der Waals surface area contributed by atoms with Gasteiger partial charge in [0.05, 0.1) is 18.4 Å². The Morgan fingerprint density at radius 1 is 1.56 bits per heavy atom. The summed E-state index contributed by atoms with van der Waals surface area (Å²) in [5.41, 5.74) is 0.864. The van der Waals surface area contributed by atoms with Crippen LogP contribution in [0.3, 0.4) is 0 Å². The third kappa shape index (κ3) is 3.34. The average molecular weight is 241 g/mol. The number of hydrogen-bond acceptors (Lipinski definition) is 4. The summed E-state index contributed by atoms with van der Waals surface area (Å²) in [7, 11) is 1.56. The van der Waals surface area contributed by atoms with Gasteiger partial charge < -0.3 is 15.2 Å². The van der Waals surface area contributed by atoms with E-state index in [1.165, 1.54) is 0 Å². The number of methoxy groups -OCH3 is 1. The maximum atomic E-state index is 11.0. The molecule has 0 bridgehead atoms. The van der Waals surface area contributed by atoms with E-state index in [0.29, 0.717) is 11.4 Å². The zero-order valence-electron chi connectivity index (χ0n) is 9.32. The van der Waals surface area contributed by atoms with Crippen molar-refractivity contribution >= 4 is 23.4 Å². The van der Waals surface area contributed by atoms with Gasteiger partial charge >= 0.3 is 5.97 Å². The van der Waals surface area contributed by atoms with Crippen LogP contribution in [0.15, 0.2) is 18.2 Å². The number of carbonyl (C=O) groups is 1. The first-order valence-electron chi connectivity index (χ1n) is 4.83. The van der Waals surface area contributed by atoms with E-state index in [4.69, 9.17) is 9.84 Å². The number of benzene rings is 1. The highest BCUT2D eigenvalue weighted by molar-refractivity contribution is 7.98. The van der Waals surface area contributed by atoms with Crippen LogP contribution in [-0.4, -0.2) is 36.7 Å². The van der Waals surface area contributed by atoms with E-state index in [2.05, 4.69) is 5.32 Å². The van der Waals surface area contributed by atoms with Crippen LogP contribution in [-0.2, 0) is 0 Å². The summed E-state index contributed by atoms with van der Waals surface area (Å²) in [4.78, 5) is 11.0. The summed E-state index contributed by atoms with van der Waals surface area (Å²) >= 11 is 1.70. The van der Waals surface area contributed by atoms with Crippen molar-refractivity contribution in [2.75, 3.05) is 31.0 Å². The van der Waals surface area contributed by atoms with Crippen molar-refractivity contribution in [3.05, 3.63) is 23.8 Å². The van der Waals surface area contributed by atoms with Gasteiger partial charge in [-0.1, -0.05) is 0 Å². The summed E-state index contributed by atoms with van der Waals surface area (Å²) < 4.78 is 5.06. The Hall–Kier alpha value is -1.36. The van der Waals surface area contributed by atoms with Crippen molar-refractivity contribution in [3.63, 3.8) is 0 Å². The zero-order valence-corrected chi connectivity index (χ0v) is 10.1. The number of nitrogens with one attached hydrogen (secondary N) is 1. The van der Waals surface area contributed by atoms with Gasteiger partial charge in [0, 0.05) is 18.4 Å². The molecule has 16 heavy (non-hydrogen) atoms. The normalized spacial score (nSPS) is 9.88. The van der Waals surface area contributed by atoms with E-state index in [1.54, 1.807) is 37.1 Å². The molecule has 0 saturated heterocycles. The Kier molecular flexibility index (Phi) is 4.98. The van der Waals surface area contributed by atoms with Gasteiger partial charge in [-0.2, -0.15) is 11.8 Å². The van der Waals surface area contributed by atoms with E-state index in [0.717, 1.165) is 12.3 Å². The van der Waals surface area contributed by atoms with Gasteiger partial charge in [0.15, 0.2) is 0 Å². The molecule has 88 valence electrons. The lowest BCUT2D eigenvalue weighted by Gasteiger charge is -2.10. The van der Waals surface area contributed by atoms with Gasteiger partial charge in [0.25, 0.3) is 0 Å². The van der Waals surface area contributed by atoms with Crippen LogP contribution in [0.4, 0.5) is 5.69 Å². The molecule has 0 saturated carbocycles. The molecule has 1 aromatic carbocycles. The van der Waals surface area contributed by atoms with Gasteiger partial charge in [0.1, 0.15) is 5.75 Å². The molecule has 0 aliphatic carbocycles. The molecule has 0 amide bonds. The second kappa shape index (κ2) is 6.27. The molecule has 2 N–H and O–H groups in total. The Labute approximate surface area is 99.0 Å². The van der Waals surface area contributed by atoms with E-state index in [1.807, 2.05) is 6.26 Å². The maximum Gasteiger partial charge on any atom is 0.337 e. The number of ether oxygens (including phenoxy) is 1. The summed E-state index contributed by atoms with van der Waals surface area (Å²) in [6, 6.07) is 4.88. The second-order valence-electron chi connectivity index (χ2n) is 3.14. The number of carboxylic acids is 1. The van der Waals surface area contributed by atoms with E-state index in [-0.39, 0.29) is 5.56 Å². The molecule has 4 nitrogen and oxygen atoms in total. The molecule has 0 heterocycles. The van der Waals surface area contributed by atoms with Gasteiger partial charge in [-0.25, -0.2) is 4.79 Å². The molecule has 0 aromatic heterocycles. The van der Waals surface area contributed by atoms with E-state index in [9.17, 15) is 4.79 Å². The minimum atomic E-state index is -0.936. The molecule has 0 aliphatic rings. The number of anilines is 1. The predicted octanol–water partition coefficient (Wildman–Crippen LogP) is 2.17. The summed E-state index contributed by atoms with van der Waals surface area (Å²) in [5, 5.41) is 12.1. The van der Waals surface area contributed by atoms with Crippen LogP contribution >= 0.6 is 11.8 Å². The van der Waals surface area contributed by atoms with Crippen LogP contribution in [0.25, 0.3) is 0 Å². The van der Waals surface area contributed by atoms with Gasteiger partial charge in [-0.15, -0.1) is 0 Å². The lowest BCUT2D eigenvalue weighted by Crippen LogP contribution is -2.09. The summed E-state index contributed by atoms with van der Waals surface area (Å²) in [6.45, 7) is 0.731. The van der Waals surface area contributed by atoms with Crippen molar-refractivity contribution in [3.8, 4) is 5.75 Å². The third-order valence-electron chi connectivity index (χ3n) is 2.08. The van der Waals surface area contributed by atoms with Crippen molar-refractivity contribution in [2.24, 2.45) is 0 Å². The first-order valence-corrected chi connectivity index (χ1v) is 6.22. The van der Waals surface area contributed by atoms with Gasteiger partial charge in [-0.05, 0) is 18.4 Å². The number of aromatic carboxylic acids is 1. The van der Waals surface area contributed by atoms with Crippen LogP contribution in [0.5, 0.6) is 5.75 Å². The van der Waals surface area contributed by atoms with Crippen LogP contribution in [0.1, 0.15) is 10.4 Å². The van der Waals surface area contributed by atoms with E-state index >= 15 is 0 Å². The average Bonchev–Trinajstić information content (AvgIpc) is 2.29. The lowest BCUT2D eigenvalue weighted by molar-refractivity contribution is 0.0698. The monoisotopic (exact) mass is 241 g/mol. The molecule has 0 radical (unpaired) electrons. The first kappa shape index (κ1) is 12.7. The highest BCUT2D eigenvalue weighted by atomic mass is 32.2. The Bertz CT molecular complexity index is 368. The number of rotatable bonds is 6. The first-order chi connectivity index (χ1) is 7.69. The molecule has 0 unspecified atom stereocenters. The number of carboxylic acid groups (broad SMARTS) is 1. The molecule has 0 aliphatic heterocycles. The predicted molar refractivity (Wildman–Crippen MR) is 66.8 cm³/mol. The molecule has 0 spiro atoms. The second-order valence-corrected chi connectivity index (χ2v) is 4.12. The molecule has 0 fully saturated rings. The highest BCUT2D eigenvalue weighted by Crippen LogP contribution is 2.22. The van der Waals surface area contributed by atoms with Gasteiger partial charge in [0.2, 0.25) is 0 Å². The smallest absolute Gasteiger partial charge is 0.337 e. The third-order valence-corrected chi connectivity index (χ3v) is 2.69. The molecule has 1 aromatic rings. The Morgan fingerprint density at radius 2 is 2.31 bits per heavy atom. The minimum absolute atomic E-state index is 0.266. The standard InChI is InChI=1S/C11H15NO3S/c1-15-8-3-4-9(11(13)14)10(7-8)12-5-6-16-2/h3-4,7,12H,5-6H2,1-2H3,(H,13,14). The molecule has 0 atom stereocenters. The van der Waals surface area contributed by atoms with Crippen LogP contribution < -0.4 is 10.1 Å². The molecule has 1 rings (SSSR count). The molecular formula is C11H15NO3S. The SMILES string of the molecule is COc1ccc(C(=O)O)c(NCCSC)c1. The zero-order chi connectivity index (χ0) is 12.0. The quantitative estimate of drug-likeness (QED) is 0.747. The number of thioether (sulfide) groups is 1. The fraction of sp³-hybridized carbons (Fsp3) is 0.364. The Balaban J connectivity index is 2.87. The largest absolute Gasteiger partial charge is 0.497 e. The van der Waals surface area contributed by atoms with Crippen molar-refractivity contribution in [1.82, 2.24) is 0 Å². The summed E-state index contributed by atoms with van der Waals surface area (Å²) in [6.07, 6.45) is 2.01. The summed E-state index contributed by atoms with van der Waals surface area (Å²) in [5.74, 6) is 0.641. The highest BCUT2D eigenvalue weighted by Gasteiger charge is 2.10. The van der Waals surface area contributed by atoms with Crippen molar-refractivity contribution in [1.29, 1.82) is 0 Å². The maximum absolute atomic E-state index is 11.0. The number of hydrogen-bond donors (Lipinski definition) is 2. The van der Waals surface area contributed by atoms with Crippen molar-refractivity contribution < 1.29 is 14.6 Å². The van der Waals surface area contributed by atoms with E-state index < -0.39 is 5.97 Å². The van der Waals surface area contributed by atoms with Crippen molar-refractivity contribution in [2.45, 2.75) is 0 Å².